The lowest BCUT2D eigenvalue weighted by Gasteiger charge is -2.18. The molecule has 0 bridgehead atoms. The number of hydrogen-bond donors (Lipinski definition) is 0. The first-order valence-corrected chi connectivity index (χ1v) is 16.5. The fraction of sp³-hybridized carbons (Fsp3) is 0. The van der Waals surface area contributed by atoms with E-state index >= 15 is 0 Å². The van der Waals surface area contributed by atoms with E-state index in [9.17, 15) is 0 Å². The minimum absolute atomic E-state index is 1.16. The molecule has 0 aliphatic rings. The number of nitrogens with zero attached hydrogens (tertiary/aromatic N) is 1. The molecule has 9 aromatic rings. The fourth-order valence-electron chi connectivity index (χ4n) is 7.04. The smallest absolute Gasteiger partial charge is 0.0619 e. The van der Waals surface area contributed by atoms with E-state index in [4.69, 9.17) is 0 Å². The van der Waals surface area contributed by atoms with E-state index in [0.717, 1.165) is 5.69 Å². The number of para-hydroxylation sites is 3. The summed E-state index contributed by atoms with van der Waals surface area (Å²) in [6, 6.07) is 63.8. The second-order valence-corrected chi connectivity index (χ2v) is 12.7. The first-order valence-electron chi connectivity index (χ1n) is 15.7. The normalized spacial score (nSPS) is 11.5. The summed E-state index contributed by atoms with van der Waals surface area (Å²) >= 11 is 1.90. The van der Waals surface area contributed by atoms with E-state index in [2.05, 4.69) is 180 Å². The minimum Gasteiger partial charge on any atom is -0.309 e. The van der Waals surface area contributed by atoms with Crippen LogP contribution in [0, 0.1) is 0 Å². The molecule has 0 radical (unpaired) electrons. The Kier molecular flexibility index (Phi) is 6.40. The SMILES string of the molecule is c1ccc(-c2cccc(-c3cccc4c5ccccc5n(-c5ccccc5)c34)c2-c2sc(-c3ccccc3)c3ccccc23)cc1. The Labute approximate surface area is 272 Å². The Hall–Kier alpha value is -5.70. The first-order chi connectivity index (χ1) is 22.9. The molecular formula is C44H29NS. The van der Waals surface area contributed by atoms with Crippen molar-refractivity contribution in [2.75, 3.05) is 0 Å². The van der Waals surface area contributed by atoms with Gasteiger partial charge in [0.15, 0.2) is 0 Å². The summed E-state index contributed by atoms with van der Waals surface area (Å²) in [7, 11) is 0. The van der Waals surface area contributed by atoms with E-state index in [1.165, 1.54) is 75.7 Å². The summed E-state index contributed by atoms with van der Waals surface area (Å²) in [6.07, 6.45) is 0. The van der Waals surface area contributed by atoms with E-state index in [1.807, 2.05) is 11.3 Å². The van der Waals surface area contributed by atoms with Gasteiger partial charge in [-0.25, -0.2) is 0 Å². The maximum absolute atomic E-state index is 2.45. The van der Waals surface area contributed by atoms with E-state index < -0.39 is 0 Å². The Morgan fingerprint density at radius 3 is 1.61 bits per heavy atom. The Morgan fingerprint density at radius 1 is 0.348 bits per heavy atom. The van der Waals surface area contributed by atoms with Crippen molar-refractivity contribution in [3.8, 4) is 48.8 Å². The Balaban J connectivity index is 1.43. The van der Waals surface area contributed by atoms with Gasteiger partial charge in [0, 0.05) is 48.1 Å². The molecule has 0 unspecified atom stereocenters. The number of thiophene rings is 1. The molecular weight excluding hydrogens is 575 g/mol. The largest absolute Gasteiger partial charge is 0.309 e. The predicted molar refractivity (Wildman–Crippen MR) is 198 cm³/mol. The number of fused-ring (bicyclic) bond motifs is 4. The van der Waals surface area contributed by atoms with E-state index in [1.54, 1.807) is 0 Å². The predicted octanol–water partition coefficient (Wildman–Crippen LogP) is 12.7. The zero-order valence-corrected chi connectivity index (χ0v) is 25.9. The summed E-state index contributed by atoms with van der Waals surface area (Å²) in [5, 5.41) is 5.09. The van der Waals surface area contributed by atoms with Gasteiger partial charge in [0.25, 0.3) is 0 Å². The molecule has 2 heterocycles. The van der Waals surface area contributed by atoms with Crippen molar-refractivity contribution in [2.45, 2.75) is 0 Å². The molecule has 0 fully saturated rings. The van der Waals surface area contributed by atoms with Crippen molar-refractivity contribution in [2.24, 2.45) is 0 Å². The molecule has 0 saturated heterocycles. The van der Waals surface area contributed by atoms with Crippen molar-refractivity contribution in [1.29, 1.82) is 0 Å². The molecule has 0 aliphatic heterocycles. The number of aromatic nitrogens is 1. The van der Waals surface area contributed by atoms with Gasteiger partial charge in [0.1, 0.15) is 0 Å². The van der Waals surface area contributed by atoms with Gasteiger partial charge in [0.2, 0.25) is 0 Å². The summed E-state index contributed by atoms with van der Waals surface area (Å²) in [5.41, 5.74) is 11.0. The highest BCUT2D eigenvalue weighted by Crippen LogP contribution is 2.51. The average molecular weight is 604 g/mol. The van der Waals surface area contributed by atoms with Gasteiger partial charge in [-0.2, -0.15) is 0 Å². The van der Waals surface area contributed by atoms with Crippen LogP contribution in [0.3, 0.4) is 0 Å². The van der Waals surface area contributed by atoms with Crippen molar-refractivity contribution < 1.29 is 0 Å². The summed E-state index contributed by atoms with van der Waals surface area (Å²) in [6.45, 7) is 0. The molecule has 0 saturated carbocycles. The van der Waals surface area contributed by atoms with Gasteiger partial charge in [0.05, 0.1) is 11.0 Å². The van der Waals surface area contributed by atoms with Gasteiger partial charge >= 0.3 is 0 Å². The van der Waals surface area contributed by atoms with Crippen molar-refractivity contribution >= 4 is 43.9 Å². The zero-order valence-electron chi connectivity index (χ0n) is 25.1. The van der Waals surface area contributed by atoms with Gasteiger partial charge in [-0.15, -0.1) is 11.3 Å². The standard InChI is InChI=1S/C44H29NS/c1-4-16-30(17-5-1)33-25-14-26-35(41(33)44-39-24-11-10-23-38(39)43(46-44)31-18-6-2-7-19-31)37-28-15-27-36-34-22-12-13-29-40(34)45(42(36)37)32-20-8-3-9-21-32/h1-29H. The van der Waals surface area contributed by atoms with Gasteiger partial charge < -0.3 is 4.57 Å². The number of rotatable bonds is 5. The molecule has 7 aromatic carbocycles. The molecule has 2 heteroatoms. The average Bonchev–Trinajstić information content (AvgIpc) is 3.69. The van der Waals surface area contributed by atoms with Crippen LogP contribution in [0.4, 0.5) is 0 Å². The lowest BCUT2D eigenvalue weighted by Crippen LogP contribution is -1.96. The summed E-state index contributed by atoms with van der Waals surface area (Å²) < 4.78 is 2.45. The van der Waals surface area contributed by atoms with Gasteiger partial charge in [-0.05, 0) is 40.5 Å². The van der Waals surface area contributed by atoms with Crippen LogP contribution in [0.2, 0.25) is 0 Å². The van der Waals surface area contributed by atoms with Crippen molar-refractivity contribution in [3.05, 3.63) is 176 Å². The van der Waals surface area contributed by atoms with Gasteiger partial charge in [-0.1, -0.05) is 158 Å². The molecule has 0 atom stereocenters. The summed E-state index contributed by atoms with van der Waals surface area (Å²) in [5.74, 6) is 0. The Bertz CT molecular complexity index is 2500. The molecule has 216 valence electrons. The third kappa shape index (κ3) is 4.23. The molecule has 0 N–H and O–H groups in total. The molecule has 0 amide bonds. The highest BCUT2D eigenvalue weighted by atomic mass is 32.1. The van der Waals surface area contributed by atoms with Crippen LogP contribution >= 0.6 is 11.3 Å². The van der Waals surface area contributed by atoms with Crippen LogP contribution in [0.15, 0.2) is 176 Å². The lowest BCUT2D eigenvalue weighted by molar-refractivity contribution is 1.18. The fourth-order valence-corrected chi connectivity index (χ4v) is 8.40. The molecule has 2 aromatic heterocycles. The van der Waals surface area contributed by atoms with Crippen LogP contribution in [0.25, 0.3) is 81.4 Å². The topological polar surface area (TPSA) is 4.93 Å². The maximum Gasteiger partial charge on any atom is 0.0619 e. The van der Waals surface area contributed by atoms with Crippen LogP contribution in [-0.2, 0) is 0 Å². The molecule has 0 spiro atoms. The Morgan fingerprint density at radius 2 is 0.870 bits per heavy atom. The molecule has 1 nitrogen and oxygen atoms in total. The lowest BCUT2D eigenvalue weighted by atomic mass is 9.89. The molecule has 46 heavy (non-hydrogen) atoms. The maximum atomic E-state index is 2.45. The van der Waals surface area contributed by atoms with Crippen LogP contribution in [-0.4, -0.2) is 4.57 Å². The zero-order chi connectivity index (χ0) is 30.5. The van der Waals surface area contributed by atoms with Gasteiger partial charge in [-0.3, -0.25) is 0 Å². The second kappa shape index (κ2) is 11.0. The highest BCUT2D eigenvalue weighted by Gasteiger charge is 2.23. The highest BCUT2D eigenvalue weighted by molar-refractivity contribution is 7.21. The monoisotopic (exact) mass is 603 g/mol. The van der Waals surface area contributed by atoms with Crippen LogP contribution in [0.5, 0.6) is 0 Å². The van der Waals surface area contributed by atoms with Crippen LogP contribution < -0.4 is 0 Å². The quantitative estimate of drug-likeness (QED) is 0.184. The van der Waals surface area contributed by atoms with E-state index in [0.29, 0.717) is 0 Å². The summed E-state index contributed by atoms with van der Waals surface area (Å²) in [4.78, 5) is 2.60. The molecule has 0 aliphatic carbocycles. The third-order valence-corrected chi connectivity index (χ3v) is 10.3. The van der Waals surface area contributed by atoms with Crippen molar-refractivity contribution in [1.82, 2.24) is 4.57 Å². The minimum atomic E-state index is 1.16. The number of benzene rings is 7. The van der Waals surface area contributed by atoms with E-state index in [-0.39, 0.29) is 0 Å². The first kappa shape index (κ1) is 26.7. The van der Waals surface area contributed by atoms with Crippen LogP contribution in [0.1, 0.15) is 0 Å². The third-order valence-electron chi connectivity index (χ3n) is 9.03. The second-order valence-electron chi connectivity index (χ2n) is 11.7. The number of hydrogen-bond acceptors (Lipinski definition) is 1. The van der Waals surface area contributed by atoms with Crippen molar-refractivity contribution in [3.63, 3.8) is 0 Å². The molecule has 9 rings (SSSR count).